The Hall–Kier alpha value is -1.47. The number of carbonyl (C=O) groups is 1. The van der Waals surface area contributed by atoms with Gasteiger partial charge in [-0.3, -0.25) is 20.2 Å². The molecule has 0 unspecified atom stereocenters. The molecule has 4 atom stereocenters. The Kier molecular flexibility index (Phi) is 5.65. The van der Waals surface area contributed by atoms with Crippen LogP contribution < -0.4 is 5.32 Å². The van der Waals surface area contributed by atoms with E-state index < -0.39 is 35.4 Å². The molecule has 0 bridgehead atoms. The number of benzene rings is 1. The van der Waals surface area contributed by atoms with Crippen LogP contribution in [0.5, 0.6) is 0 Å². The van der Waals surface area contributed by atoms with Crippen molar-refractivity contribution in [3.63, 3.8) is 0 Å². The Morgan fingerprint density at radius 1 is 1.38 bits per heavy atom. The summed E-state index contributed by atoms with van der Waals surface area (Å²) in [5.74, 6) is -0.914. The molecule has 1 saturated heterocycles. The van der Waals surface area contributed by atoms with E-state index >= 15 is 0 Å². The highest BCUT2D eigenvalue weighted by Gasteiger charge is 2.58. The van der Waals surface area contributed by atoms with Crippen molar-refractivity contribution in [3.8, 4) is 0 Å². The standard InChI is InChI=1S/C17H23BrN2O4/c1-5-24-16(21)14-12(17(2,3)4)15(20(22)23)13(19-14)10-8-6-7-9-11(10)18/h6-9,12-15,19H,5H2,1-4H3/t12-,13+,14+,15+/m1/s1. The van der Waals surface area contributed by atoms with E-state index in [2.05, 4.69) is 21.2 Å². The zero-order valence-electron chi connectivity index (χ0n) is 14.3. The highest BCUT2D eigenvalue weighted by Crippen LogP contribution is 2.44. The van der Waals surface area contributed by atoms with Crippen molar-refractivity contribution in [1.29, 1.82) is 0 Å². The van der Waals surface area contributed by atoms with Gasteiger partial charge in [0.1, 0.15) is 12.1 Å². The highest BCUT2D eigenvalue weighted by molar-refractivity contribution is 9.10. The van der Waals surface area contributed by atoms with Gasteiger partial charge in [0.2, 0.25) is 6.04 Å². The fourth-order valence-electron chi connectivity index (χ4n) is 3.51. The van der Waals surface area contributed by atoms with Crippen molar-refractivity contribution in [3.05, 3.63) is 44.4 Å². The Labute approximate surface area is 150 Å². The van der Waals surface area contributed by atoms with E-state index in [-0.39, 0.29) is 11.5 Å². The fourth-order valence-corrected chi connectivity index (χ4v) is 4.04. The van der Waals surface area contributed by atoms with Crippen molar-refractivity contribution in [2.75, 3.05) is 6.61 Å². The van der Waals surface area contributed by atoms with Gasteiger partial charge in [-0.1, -0.05) is 54.9 Å². The lowest BCUT2D eigenvalue weighted by Crippen LogP contribution is -2.45. The number of nitrogens with one attached hydrogen (secondary N) is 1. The molecule has 7 heteroatoms. The van der Waals surface area contributed by atoms with E-state index in [4.69, 9.17) is 4.74 Å². The van der Waals surface area contributed by atoms with Crippen LogP contribution in [-0.4, -0.2) is 29.6 Å². The van der Waals surface area contributed by atoms with Crippen LogP contribution in [0, 0.1) is 21.4 Å². The van der Waals surface area contributed by atoms with Gasteiger partial charge in [0.25, 0.3) is 0 Å². The van der Waals surface area contributed by atoms with Crippen LogP contribution >= 0.6 is 15.9 Å². The molecule has 0 radical (unpaired) electrons. The van der Waals surface area contributed by atoms with Gasteiger partial charge in [-0.2, -0.15) is 0 Å². The molecule has 1 fully saturated rings. The molecular weight excluding hydrogens is 376 g/mol. The number of carbonyl (C=O) groups excluding carboxylic acids is 1. The maximum absolute atomic E-state index is 12.4. The van der Waals surface area contributed by atoms with Crippen LogP contribution in [0.3, 0.4) is 0 Å². The van der Waals surface area contributed by atoms with Gasteiger partial charge in [0.05, 0.1) is 12.5 Å². The topological polar surface area (TPSA) is 81.5 Å². The van der Waals surface area contributed by atoms with Gasteiger partial charge in [0, 0.05) is 9.40 Å². The quantitative estimate of drug-likeness (QED) is 0.477. The normalized spacial score (nSPS) is 27.0. The van der Waals surface area contributed by atoms with Crippen LogP contribution in [0.2, 0.25) is 0 Å². The molecule has 0 spiro atoms. The van der Waals surface area contributed by atoms with Gasteiger partial charge in [-0.05, 0) is 24.0 Å². The number of hydrogen-bond donors (Lipinski definition) is 1. The second kappa shape index (κ2) is 7.19. The molecule has 1 heterocycles. The average Bonchev–Trinajstić information content (AvgIpc) is 2.88. The van der Waals surface area contributed by atoms with E-state index in [0.29, 0.717) is 0 Å². The van der Waals surface area contributed by atoms with Crippen LogP contribution in [0.1, 0.15) is 39.3 Å². The zero-order valence-corrected chi connectivity index (χ0v) is 15.9. The lowest BCUT2D eigenvalue weighted by atomic mass is 9.73. The molecule has 1 aliphatic rings. The van der Waals surface area contributed by atoms with E-state index in [9.17, 15) is 14.9 Å². The number of nitrogens with zero attached hydrogens (tertiary/aromatic N) is 1. The lowest BCUT2D eigenvalue weighted by molar-refractivity contribution is -0.535. The third kappa shape index (κ3) is 3.62. The molecule has 1 aliphatic heterocycles. The molecule has 0 amide bonds. The monoisotopic (exact) mass is 398 g/mol. The summed E-state index contributed by atoms with van der Waals surface area (Å²) < 4.78 is 5.94. The summed E-state index contributed by atoms with van der Waals surface area (Å²) in [5, 5.41) is 15.1. The first-order valence-corrected chi connectivity index (χ1v) is 8.78. The van der Waals surface area contributed by atoms with E-state index in [1.807, 2.05) is 45.0 Å². The molecule has 2 rings (SSSR count). The minimum absolute atomic E-state index is 0.247. The summed E-state index contributed by atoms with van der Waals surface area (Å²) in [6.45, 7) is 7.74. The summed E-state index contributed by atoms with van der Waals surface area (Å²) in [5.41, 5.74) is 0.346. The Morgan fingerprint density at radius 3 is 2.50 bits per heavy atom. The Balaban J connectivity index is 2.51. The summed E-state index contributed by atoms with van der Waals surface area (Å²) >= 11 is 3.46. The van der Waals surface area contributed by atoms with Crippen molar-refractivity contribution >= 4 is 21.9 Å². The molecule has 0 aromatic heterocycles. The Bertz CT molecular complexity index is 629. The zero-order chi connectivity index (χ0) is 18.1. The summed E-state index contributed by atoms with van der Waals surface area (Å²) in [6, 6.07) is 5.18. The maximum atomic E-state index is 12.4. The molecule has 0 saturated carbocycles. The largest absolute Gasteiger partial charge is 0.465 e. The molecule has 1 N–H and O–H groups in total. The number of hydrogen-bond acceptors (Lipinski definition) is 5. The predicted molar refractivity (Wildman–Crippen MR) is 94.2 cm³/mol. The van der Waals surface area contributed by atoms with Gasteiger partial charge in [0.15, 0.2) is 0 Å². The highest BCUT2D eigenvalue weighted by atomic mass is 79.9. The van der Waals surface area contributed by atoms with E-state index in [0.717, 1.165) is 10.0 Å². The van der Waals surface area contributed by atoms with Crippen LogP contribution in [0.15, 0.2) is 28.7 Å². The number of nitro groups is 1. The SMILES string of the molecule is CCOC(=O)[C@H]1N[C@@H](c2ccccc2Br)[C@@H]([N+](=O)[O-])[C@@H]1C(C)(C)C. The van der Waals surface area contributed by atoms with E-state index in [1.54, 1.807) is 6.92 Å². The third-order valence-electron chi connectivity index (χ3n) is 4.45. The van der Waals surface area contributed by atoms with Gasteiger partial charge < -0.3 is 4.74 Å². The second-order valence-electron chi connectivity index (χ2n) is 7.06. The van der Waals surface area contributed by atoms with Crippen LogP contribution in [0.25, 0.3) is 0 Å². The molecule has 0 aliphatic carbocycles. The van der Waals surface area contributed by atoms with Crippen molar-refractivity contribution < 1.29 is 14.5 Å². The molecule has 1 aromatic rings. The molecular formula is C17H23BrN2O4. The van der Waals surface area contributed by atoms with Gasteiger partial charge in [-0.15, -0.1) is 0 Å². The van der Waals surface area contributed by atoms with E-state index in [1.165, 1.54) is 0 Å². The second-order valence-corrected chi connectivity index (χ2v) is 7.92. The van der Waals surface area contributed by atoms with Crippen LogP contribution in [-0.2, 0) is 9.53 Å². The van der Waals surface area contributed by atoms with Crippen molar-refractivity contribution in [2.45, 2.75) is 45.8 Å². The number of rotatable bonds is 4. The van der Waals surface area contributed by atoms with Gasteiger partial charge >= 0.3 is 5.97 Å². The van der Waals surface area contributed by atoms with Crippen LogP contribution in [0.4, 0.5) is 0 Å². The minimum Gasteiger partial charge on any atom is -0.465 e. The summed E-state index contributed by atoms with van der Waals surface area (Å²) in [6.07, 6.45) is 0. The average molecular weight is 399 g/mol. The first kappa shape index (κ1) is 18.9. The molecule has 132 valence electrons. The number of esters is 1. The number of ether oxygens (including phenoxy) is 1. The lowest BCUT2D eigenvalue weighted by Gasteiger charge is -2.31. The van der Waals surface area contributed by atoms with Crippen molar-refractivity contribution in [2.24, 2.45) is 11.3 Å². The smallest absolute Gasteiger partial charge is 0.323 e. The first-order chi connectivity index (χ1) is 11.2. The summed E-state index contributed by atoms with van der Waals surface area (Å²) in [7, 11) is 0. The molecule has 24 heavy (non-hydrogen) atoms. The first-order valence-electron chi connectivity index (χ1n) is 7.99. The predicted octanol–water partition coefficient (Wildman–Crippen LogP) is 3.33. The number of halogens is 1. The maximum Gasteiger partial charge on any atom is 0.323 e. The molecule has 1 aromatic carbocycles. The minimum atomic E-state index is -0.918. The molecule has 6 nitrogen and oxygen atoms in total. The summed E-state index contributed by atoms with van der Waals surface area (Å²) in [4.78, 5) is 24.0. The fraction of sp³-hybridized carbons (Fsp3) is 0.588. The van der Waals surface area contributed by atoms with Crippen molar-refractivity contribution in [1.82, 2.24) is 5.32 Å². The van der Waals surface area contributed by atoms with Gasteiger partial charge in [-0.25, -0.2) is 0 Å². The third-order valence-corrected chi connectivity index (χ3v) is 5.17. The Morgan fingerprint density at radius 2 is 2.00 bits per heavy atom.